The van der Waals surface area contributed by atoms with Gasteiger partial charge in [-0.25, -0.2) is 4.98 Å². The van der Waals surface area contributed by atoms with Crippen molar-refractivity contribution in [2.45, 2.75) is 6.54 Å². The van der Waals surface area contributed by atoms with E-state index in [2.05, 4.69) is 10.3 Å². The number of rotatable bonds is 5. The zero-order valence-electron chi connectivity index (χ0n) is 17.1. The number of hydrogen-bond acceptors (Lipinski definition) is 5. The van der Waals surface area contributed by atoms with E-state index in [1.807, 2.05) is 60.7 Å². The van der Waals surface area contributed by atoms with E-state index in [4.69, 9.17) is 5.41 Å². The Morgan fingerprint density at radius 1 is 1.06 bits per heavy atom. The van der Waals surface area contributed by atoms with Gasteiger partial charge in [-0.2, -0.15) is 0 Å². The van der Waals surface area contributed by atoms with Crippen LogP contribution in [0, 0.1) is 5.41 Å². The van der Waals surface area contributed by atoms with Crippen LogP contribution in [0.2, 0.25) is 0 Å². The van der Waals surface area contributed by atoms with E-state index >= 15 is 0 Å². The summed E-state index contributed by atoms with van der Waals surface area (Å²) in [6, 6.07) is 24.6. The number of amidine groups is 1. The van der Waals surface area contributed by atoms with Crippen LogP contribution < -0.4 is 10.2 Å². The Labute approximate surface area is 189 Å². The minimum atomic E-state index is -0.190. The van der Waals surface area contributed by atoms with Gasteiger partial charge in [0.15, 0.2) is 0 Å². The third-order valence-corrected chi connectivity index (χ3v) is 6.38. The number of anilines is 1. The maximum absolute atomic E-state index is 12.7. The molecular formula is C25H20N4O2S. The molecule has 4 aromatic rings. The lowest BCUT2D eigenvalue weighted by molar-refractivity contribution is 0.0951. The van der Waals surface area contributed by atoms with Gasteiger partial charge < -0.3 is 15.3 Å². The van der Waals surface area contributed by atoms with Crippen molar-refractivity contribution in [2.24, 2.45) is 0 Å². The average molecular weight is 441 g/mol. The van der Waals surface area contributed by atoms with Crippen molar-refractivity contribution in [1.82, 2.24) is 10.3 Å². The van der Waals surface area contributed by atoms with Crippen LogP contribution in [0.4, 0.5) is 5.69 Å². The maximum Gasteiger partial charge on any atom is 0.251 e. The third kappa shape index (κ3) is 3.74. The number of nitrogens with one attached hydrogen (secondary N) is 2. The summed E-state index contributed by atoms with van der Waals surface area (Å²) in [4.78, 5) is 18.9. The number of aliphatic hydroxyl groups is 1. The monoisotopic (exact) mass is 440 g/mol. The van der Waals surface area contributed by atoms with Gasteiger partial charge in [0.1, 0.15) is 16.6 Å². The first-order valence-electron chi connectivity index (χ1n) is 10.2. The molecule has 1 aromatic heterocycles. The van der Waals surface area contributed by atoms with Gasteiger partial charge in [-0.05, 0) is 35.9 Å². The highest BCUT2D eigenvalue weighted by Gasteiger charge is 2.31. The minimum absolute atomic E-state index is 0.105. The second-order valence-corrected chi connectivity index (χ2v) is 8.49. The number of aromatic nitrogens is 1. The molecule has 5 rings (SSSR count). The van der Waals surface area contributed by atoms with Gasteiger partial charge in [0.2, 0.25) is 0 Å². The van der Waals surface area contributed by atoms with E-state index in [0.29, 0.717) is 28.4 Å². The van der Waals surface area contributed by atoms with Crippen LogP contribution in [0.25, 0.3) is 15.8 Å². The molecule has 1 aliphatic rings. The summed E-state index contributed by atoms with van der Waals surface area (Å²) in [5, 5.41) is 22.9. The maximum atomic E-state index is 12.7. The Morgan fingerprint density at radius 2 is 1.84 bits per heavy atom. The Kier molecular flexibility index (Phi) is 5.17. The van der Waals surface area contributed by atoms with Crippen LogP contribution in [0.15, 0.2) is 84.6 Å². The third-order valence-electron chi connectivity index (χ3n) is 5.33. The van der Waals surface area contributed by atoms with E-state index in [1.54, 1.807) is 23.1 Å². The number of hydrogen-bond donors (Lipinski definition) is 3. The van der Waals surface area contributed by atoms with Gasteiger partial charge in [-0.15, -0.1) is 11.3 Å². The molecule has 0 saturated heterocycles. The number of nitrogens with zero attached hydrogens (tertiary/aromatic N) is 2. The molecule has 0 fully saturated rings. The molecule has 0 spiro atoms. The molecule has 0 aliphatic carbocycles. The Bertz CT molecular complexity index is 1330. The van der Waals surface area contributed by atoms with E-state index in [9.17, 15) is 9.90 Å². The van der Waals surface area contributed by atoms with Gasteiger partial charge in [-0.3, -0.25) is 10.2 Å². The number of fused-ring (bicyclic) bond motifs is 1. The topological polar surface area (TPSA) is 89.3 Å². The Balaban J connectivity index is 1.35. The summed E-state index contributed by atoms with van der Waals surface area (Å²) in [5.41, 5.74) is 3.47. The zero-order valence-corrected chi connectivity index (χ0v) is 17.9. The van der Waals surface area contributed by atoms with Gasteiger partial charge in [-0.1, -0.05) is 48.5 Å². The quantitative estimate of drug-likeness (QED) is 0.408. The molecule has 0 radical (unpaired) electrons. The van der Waals surface area contributed by atoms with Crippen LogP contribution in [-0.4, -0.2) is 28.4 Å². The summed E-state index contributed by atoms with van der Waals surface area (Å²) in [5.74, 6) is 0.0846. The Hall–Kier alpha value is -3.97. The highest BCUT2D eigenvalue weighted by Crippen LogP contribution is 2.35. The first kappa shape index (κ1) is 20.0. The lowest BCUT2D eigenvalue weighted by Gasteiger charge is -2.19. The fourth-order valence-corrected chi connectivity index (χ4v) is 4.73. The van der Waals surface area contributed by atoms with Crippen LogP contribution >= 0.6 is 11.3 Å². The molecule has 2 heterocycles. The fraction of sp³-hybridized carbons (Fsp3) is 0.0800. The lowest BCUT2D eigenvalue weighted by atomic mass is 10.1. The molecule has 0 unspecified atom stereocenters. The summed E-state index contributed by atoms with van der Waals surface area (Å²) in [6.45, 7) is 0.604. The SMILES string of the molecule is N=C1C(c2nc3ccccc3s2)=C(O)CN1c1cccc(C(=O)NCc2ccccc2)c1. The number of thiazole rings is 1. The zero-order chi connectivity index (χ0) is 22.1. The van der Waals surface area contributed by atoms with Crippen molar-refractivity contribution < 1.29 is 9.90 Å². The number of para-hydroxylation sites is 1. The number of amides is 1. The molecule has 0 saturated carbocycles. The second kappa shape index (κ2) is 8.28. The smallest absolute Gasteiger partial charge is 0.251 e. The summed E-state index contributed by atoms with van der Waals surface area (Å²) < 4.78 is 1.01. The van der Waals surface area contributed by atoms with Crippen molar-refractivity contribution in [3.8, 4) is 0 Å². The molecule has 1 aliphatic heterocycles. The summed E-state index contributed by atoms with van der Waals surface area (Å²) in [6.07, 6.45) is 0. The predicted molar refractivity (Wildman–Crippen MR) is 128 cm³/mol. The van der Waals surface area contributed by atoms with Crippen molar-refractivity contribution in [2.75, 3.05) is 11.4 Å². The van der Waals surface area contributed by atoms with Crippen molar-refractivity contribution in [3.05, 3.63) is 101 Å². The summed E-state index contributed by atoms with van der Waals surface area (Å²) >= 11 is 1.45. The van der Waals surface area contributed by atoms with E-state index in [1.165, 1.54) is 11.3 Å². The highest BCUT2D eigenvalue weighted by molar-refractivity contribution is 7.19. The van der Waals surface area contributed by atoms with Crippen LogP contribution in [-0.2, 0) is 6.54 Å². The van der Waals surface area contributed by atoms with Crippen molar-refractivity contribution >= 4 is 44.6 Å². The number of aliphatic hydroxyl groups excluding tert-OH is 1. The second-order valence-electron chi connectivity index (χ2n) is 7.46. The molecule has 1 amide bonds. The molecule has 3 N–H and O–H groups in total. The van der Waals surface area contributed by atoms with Crippen molar-refractivity contribution in [3.63, 3.8) is 0 Å². The van der Waals surface area contributed by atoms with Gasteiger partial charge in [0.05, 0.1) is 22.3 Å². The molecule has 158 valence electrons. The molecule has 0 atom stereocenters. The Morgan fingerprint density at radius 3 is 2.66 bits per heavy atom. The van der Waals surface area contributed by atoms with Gasteiger partial charge >= 0.3 is 0 Å². The van der Waals surface area contributed by atoms with Crippen LogP contribution in [0.1, 0.15) is 20.9 Å². The first-order valence-corrected chi connectivity index (χ1v) is 11.0. The highest BCUT2D eigenvalue weighted by atomic mass is 32.1. The van der Waals surface area contributed by atoms with Gasteiger partial charge in [0.25, 0.3) is 5.91 Å². The molecule has 7 heteroatoms. The van der Waals surface area contributed by atoms with Crippen LogP contribution in [0.5, 0.6) is 0 Å². The minimum Gasteiger partial charge on any atom is -0.510 e. The molecular weight excluding hydrogens is 420 g/mol. The standard InChI is InChI=1S/C25H20N4O2S/c26-23-22(25-28-19-11-4-5-12-21(19)32-25)20(30)15-29(23)18-10-6-9-17(13-18)24(31)27-14-16-7-2-1-3-8-16/h1-13,26,30H,14-15H2,(H,27,31). The fourth-order valence-electron chi connectivity index (χ4n) is 3.70. The number of benzene rings is 3. The first-order chi connectivity index (χ1) is 15.6. The van der Waals surface area contributed by atoms with Crippen LogP contribution in [0.3, 0.4) is 0 Å². The predicted octanol–water partition coefficient (Wildman–Crippen LogP) is 4.99. The molecule has 6 nitrogen and oxygen atoms in total. The summed E-state index contributed by atoms with van der Waals surface area (Å²) in [7, 11) is 0. The normalized spacial score (nSPS) is 13.8. The van der Waals surface area contributed by atoms with Gasteiger partial charge in [0, 0.05) is 17.8 Å². The number of carbonyl (C=O) groups excluding carboxylic acids is 1. The largest absolute Gasteiger partial charge is 0.510 e. The van der Waals surface area contributed by atoms with E-state index in [-0.39, 0.29) is 24.0 Å². The van der Waals surface area contributed by atoms with E-state index < -0.39 is 0 Å². The number of carbonyl (C=O) groups is 1. The van der Waals surface area contributed by atoms with Crippen molar-refractivity contribution in [1.29, 1.82) is 5.41 Å². The van der Waals surface area contributed by atoms with E-state index in [0.717, 1.165) is 15.8 Å². The molecule has 0 bridgehead atoms. The molecule has 3 aromatic carbocycles. The lowest BCUT2D eigenvalue weighted by Crippen LogP contribution is -2.27. The molecule has 32 heavy (non-hydrogen) atoms. The average Bonchev–Trinajstić information content (AvgIpc) is 3.37.